The Kier molecular flexibility index (Phi) is 10.6. The quantitative estimate of drug-likeness (QED) is 0.792. The molecule has 0 amide bonds. The molecule has 4 heteroatoms. The van der Waals surface area contributed by atoms with Crippen LogP contribution < -0.4 is 5.73 Å². The molecule has 0 aromatic heterocycles. The monoisotopic (exact) mass is 303 g/mol. The molecule has 2 N–H and O–H groups in total. The highest BCUT2D eigenvalue weighted by molar-refractivity contribution is 7.85. The highest BCUT2D eigenvalue weighted by Crippen LogP contribution is 2.20. The van der Waals surface area contributed by atoms with Crippen molar-refractivity contribution >= 4 is 10.8 Å². The van der Waals surface area contributed by atoms with E-state index in [4.69, 9.17) is 10.5 Å². The fourth-order valence-corrected chi connectivity index (χ4v) is 4.67. The Hall–Kier alpha value is 0.0700. The molecule has 0 bridgehead atoms. The van der Waals surface area contributed by atoms with Gasteiger partial charge in [0.25, 0.3) is 0 Å². The highest BCUT2D eigenvalue weighted by Gasteiger charge is 2.23. The second-order valence-corrected chi connectivity index (χ2v) is 7.81. The number of hydrogen-bond acceptors (Lipinski definition) is 3. The van der Waals surface area contributed by atoms with Crippen LogP contribution >= 0.6 is 0 Å². The van der Waals surface area contributed by atoms with Crippen molar-refractivity contribution in [1.29, 1.82) is 0 Å². The van der Waals surface area contributed by atoms with Crippen molar-refractivity contribution in [2.45, 2.75) is 81.9 Å². The van der Waals surface area contributed by atoms with Gasteiger partial charge in [0, 0.05) is 41.6 Å². The molecule has 120 valence electrons. The Morgan fingerprint density at radius 1 is 1.00 bits per heavy atom. The minimum Gasteiger partial charge on any atom is -0.385 e. The molecule has 0 heterocycles. The van der Waals surface area contributed by atoms with Crippen LogP contribution in [0.25, 0.3) is 0 Å². The van der Waals surface area contributed by atoms with Gasteiger partial charge in [-0.05, 0) is 19.3 Å². The molecule has 1 aliphatic rings. The van der Waals surface area contributed by atoms with Crippen LogP contribution in [0.5, 0.6) is 0 Å². The zero-order chi connectivity index (χ0) is 14.6. The van der Waals surface area contributed by atoms with E-state index in [0.717, 1.165) is 25.0 Å². The van der Waals surface area contributed by atoms with Crippen LogP contribution in [0.3, 0.4) is 0 Å². The van der Waals surface area contributed by atoms with Gasteiger partial charge in [0.15, 0.2) is 0 Å². The SMILES string of the molecule is COCCCS(=O)C1CCCCCCCCCCC1N. The Labute approximate surface area is 127 Å². The van der Waals surface area contributed by atoms with Crippen LogP contribution in [-0.2, 0) is 15.5 Å². The van der Waals surface area contributed by atoms with Crippen molar-refractivity contribution in [3.8, 4) is 0 Å². The summed E-state index contributed by atoms with van der Waals surface area (Å²) in [5.41, 5.74) is 6.34. The summed E-state index contributed by atoms with van der Waals surface area (Å²) in [5.74, 6) is 0.742. The summed E-state index contributed by atoms with van der Waals surface area (Å²) >= 11 is 0. The maximum absolute atomic E-state index is 12.5. The molecule has 1 fully saturated rings. The summed E-state index contributed by atoms with van der Waals surface area (Å²) in [4.78, 5) is 0. The van der Waals surface area contributed by atoms with Crippen LogP contribution in [0.2, 0.25) is 0 Å². The molecule has 1 saturated carbocycles. The zero-order valence-electron chi connectivity index (χ0n) is 13.1. The second kappa shape index (κ2) is 11.7. The normalized spacial score (nSPS) is 28.3. The largest absolute Gasteiger partial charge is 0.385 e. The number of nitrogens with two attached hydrogens (primary N) is 1. The van der Waals surface area contributed by atoms with Crippen molar-refractivity contribution < 1.29 is 8.95 Å². The molecular weight excluding hydrogens is 270 g/mol. The number of ether oxygens (including phenoxy) is 1. The molecule has 0 radical (unpaired) electrons. The van der Waals surface area contributed by atoms with Gasteiger partial charge >= 0.3 is 0 Å². The van der Waals surface area contributed by atoms with E-state index in [1.807, 2.05) is 0 Å². The lowest BCUT2D eigenvalue weighted by atomic mass is 9.98. The van der Waals surface area contributed by atoms with Gasteiger partial charge in [-0.25, -0.2) is 0 Å². The Balaban J connectivity index is 2.45. The van der Waals surface area contributed by atoms with E-state index < -0.39 is 10.8 Å². The van der Waals surface area contributed by atoms with Crippen molar-refractivity contribution in [3.63, 3.8) is 0 Å². The molecular formula is C16H33NO2S. The molecule has 0 aromatic rings. The van der Waals surface area contributed by atoms with E-state index in [1.54, 1.807) is 7.11 Å². The first-order valence-electron chi connectivity index (χ1n) is 8.37. The summed E-state index contributed by atoms with van der Waals surface area (Å²) in [6.45, 7) is 0.702. The molecule has 3 unspecified atom stereocenters. The summed E-state index contributed by atoms with van der Waals surface area (Å²) in [6, 6.07) is 0.123. The van der Waals surface area contributed by atoms with Gasteiger partial charge in [0.2, 0.25) is 0 Å². The number of methoxy groups -OCH3 is 1. The molecule has 0 aliphatic heterocycles. The first-order chi connectivity index (χ1) is 9.75. The average molecular weight is 304 g/mol. The fourth-order valence-electron chi connectivity index (χ4n) is 3.01. The summed E-state index contributed by atoms with van der Waals surface area (Å²) in [7, 11) is 0.914. The minimum absolute atomic E-state index is 0.123. The van der Waals surface area contributed by atoms with Crippen molar-refractivity contribution in [3.05, 3.63) is 0 Å². The van der Waals surface area contributed by atoms with Crippen LogP contribution in [0.15, 0.2) is 0 Å². The Bertz CT molecular complexity index is 261. The lowest BCUT2D eigenvalue weighted by molar-refractivity contribution is 0.200. The first-order valence-corrected chi connectivity index (χ1v) is 9.75. The smallest absolute Gasteiger partial charge is 0.0499 e. The van der Waals surface area contributed by atoms with Crippen LogP contribution in [0.1, 0.15) is 70.6 Å². The molecule has 0 aromatic carbocycles. The lowest BCUT2D eigenvalue weighted by Crippen LogP contribution is -2.39. The third kappa shape index (κ3) is 7.75. The zero-order valence-corrected chi connectivity index (χ0v) is 14.0. The maximum Gasteiger partial charge on any atom is 0.0499 e. The third-order valence-electron chi connectivity index (χ3n) is 4.29. The number of rotatable bonds is 5. The van der Waals surface area contributed by atoms with Crippen LogP contribution in [-0.4, -0.2) is 35.0 Å². The van der Waals surface area contributed by atoms with E-state index >= 15 is 0 Å². The minimum atomic E-state index is -0.785. The lowest BCUT2D eigenvalue weighted by Gasteiger charge is -2.24. The summed E-state index contributed by atoms with van der Waals surface area (Å²) < 4.78 is 17.5. The van der Waals surface area contributed by atoms with Crippen LogP contribution in [0.4, 0.5) is 0 Å². The van der Waals surface area contributed by atoms with Gasteiger partial charge < -0.3 is 10.5 Å². The van der Waals surface area contributed by atoms with Gasteiger partial charge in [-0.15, -0.1) is 0 Å². The van der Waals surface area contributed by atoms with E-state index in [-0.39, 0.29) is 11.3 Å². The molecule has 3 atom stereocenters. The van der Waals surface area contributed by atoms with Gasteiger partial charge in [-0.3, -0.25) is 4.21 Å². The summed E-state index contributed by atoms with van der Waals surface area (Å²) in [5, 5.41) is 0.200. The molecule has 20 heavy (non-hydrogen) atoms. The number of hydrogen-bond donors (Lipinski definition) is 1. The molecule has 3 nitrogen and oxygen atoms in total. The van der Waals surface area contributed by atoms with Gasteiger partial charge in [-0.2, -0.15) is 0 Å². The van der Waals surface area contributed by atoms with E-state index in [0.29, 0.717) is 6.61 Å². The molecule has 1 aliphatic carbocycles. The topological polar surface area (TPSA) is 52.3 Å². The second-order valence-electron chi connectivity index (χ2n) is 6.04. The van der Waals surface area contributed by atoms with Gasteiger partial charge in [0.05, 0.1) is 0 Å². The maximum atomic E-state index is 12.5. The molecule has 0 spiro atoms. The average Bonchev–Trinajstić information content (AvgIpc) is 2.43. The fraction of sp³-hybridized carbons (Fsp3) is 1.00. The Morgan fingerprint density at radius 3 is 2.15 bits per heavy atom. The van der Waals surface area contributed by atoms with E-state index in [1.165, 1.54) is 51.4 Å². The van der Waals surface area contributed by atoms with Gasteiger partial charge in [0.1, 0.15) is 0 Å². The van der Waals surface area contributed by atoms with E-state index in [9.17, 15) is 4.21 Å². The standard InChI is InChI=1S/C16H33NO2S/c1-19-13-10-14-20(18)16-12-9-7-5-3-2-4-6-8-11-15(16)17/h15-16H,2-14,17H2,1H3. The predicted molar refractivity (Wildman–Crippen MR) is 87.4 cm³/mol. The molecule has 1 rings (SSSR count). The van der Waals surface area contributed by atoms with Crippen molar-refractivity contribution in [1.82, 2.24) is 0 Å². The van der Waals surface area contributed by atoms with Gasteiger partial charge in [-0.1, -0.05) is 51.4 Å². The first kappa shape index (κ1) is 18.1. The predicted octanol–water partition coefficient (Wildman–Crippen LogP) is 3.38. The van der Waals surface area contributed by atoms with Crippen LogP contribution in [0, 0.1) is 0 Å². The molecule has 0 saturated heterocycles. The third-order valence-corrected chi connectivity index (χ3v) is 6.24. The van der Waals surface area contributed by atoms with Crippen molar-refractivity contribution in [2.24, 2.45) is 5.73 Å². The van der Waals surface area contributed by atoms with Crippen molar-refractivity contribution in [2.75, 3.05) is 19.5 Å². The van der Waals surface area contributed by atoms with E-state index in [2.05, 4.69) is 0 Å². The Morgan fingerprint density at radius 2 is 1.55 bits per heavy atom. The highest BCUT2D eigenvalue weighted by atomic mass is 32.2. The summed E-state index contributed by atoms with van der Waals surface area (Å²) in [6.07, 6.45) is 13.3.